The molecule has 1 amide bonds. The van der Waals surface area contributed by atoms with Gasteiger partial charge in [0.1, 0.15) is 11.5 Å². The summed E-state index contributed by atoms with van der Waals surface area (Å²) in [5.74, 6) is -0.153. The largest absolute Gasteiger partial charge is 0.497 e. The average molecular weight is 361 g/mol. The first-order valence-corrected chi connectivity index (χ1v) is 7.41. The van der Waals surface area contributed by atoms with Crippen LogP contribution < -0.4 is 14.8 Å². The van der Waals surface area contributed by atoms with E-state index >= 15 is 0 Å². The summed E-state index contributed by atoms with van der Waals surface area (Å²) in [6, 6.07) is 4.49. The van der Waals surface area contributed by atoms with Crippen molar-refractivity contribution in [3.05, 3.63) is 18.2 Å². The van der Waals surface area contributed by atoms with Crippen LogP contribution in [-0.4, -0.2) is 55.2 Å². The van der Waals surface area contributed by atoms with E-state index in [0.717, 1.165) is 6.42 Å². The molecule has 1 unspecified atom stereocenters. The van der Waals surface area contributed by atoms with Crippen molar-refractivity contribution in [2.75, 3.05) is 32.6 Å². The summed E-state index contributed by atoms with van der Waals surface area (Å²) in [6.07, 6.45) is 0.761. The van der Waals surface area contributed by atoms with Gasteiger partial charge in [-0.2, -0.15) is 0 Å². The molecule has 136 valence electrons. The van der Waals surface area contributed by atoms with Gasteiger partial charge in [0.05, 0.1) is 32.5 Å². The number of carbonyl (C=O) groups excluding carboxylic acids is 1. The van der Waals surface area contributed by atoms with Gasteiger partial charge in [-0.1, -0.05) is 6.92 Å². The van der Waals surface area contributed by atoms with Crippen LogP contribution in [0, 0.1) is 0 Å². The van der Waals surface area contributed by atoms with Crippen LogP contribution in [0.15, 0.2) is 18.2 Å². The number of benzene rings is 1. The summed E-state index contributed by atoms with van der Waals surface area (Å²) < 4.78 is 10.4. The Balaban J connectivity index is 0.00000529. The molecular weight excluding hydrogens is 336 g/mol. The molecule has 1 aromatic carbocycles. The molecule has 0 aliphatic carbocycles. The highest BCUT2D eigenvalue weighted by molar-refractivity contribution is 5.96. The monoisotopic (exact) mass is 360 g/mol. The van der Waals surface area contributed by atoms with Crippen molar-refractivity contribution >= 4 is 30.0 Å². The highest BCUT2D eigenvalue weighted by atomic mass is 35.5. The molecule has 0 aromatic heterocycles. The van der Waals surface area contributed by atoms with Gasteiger partial charge >= 0.3 is 5.97 Å². The minimum absolute atomic E-state index is 0. The lowest BCUT2D eigenvalue weighted by Gasteiger charge is -2.26. The number of halogens is 1. The topological polar surface area (TPSA) is 88.1 Å². The van der Waals surface area contributed by atoms with Gasteiger partial charge in [-0.25, -0.2) is 0 Å². The Hall–Kier alpha value is -1.99. The van der Waals surface area contributed by atoms with Crippen LogP contribution in [0.1, 0.15) is 20.3 Å². The number of hydrogen-bond acceptors (Lipinski definition) is 5. The number of hydrogen-bond donors (Lipinski definition) is 2. The zero-order valence-electron chi connectivity index (χ0n) is 14.4. The minimum Gasteiger partial charge on any atom is -0.497 e. The molecule has 0 saturated heterocycles. The fraction of sp³-hybridized carbons (Fsp3) is 0.500. The van der Waals surface area contributed by atoms with Crippen molar-refractivity contribution in [2.45, 2.75) is 26.3 Å². The summed E-state index contributed by atoms with van der Waals surface area (Å²) in [4.78, 5) is 25.0. The standard InChI is InChI=1S/C16H24N2O5.ClH/c1-5-8-18(10-15(19)20)11(2)16(21)17-13-7-6-12(22-3)9-14(13)23-4;/h6-7,9,11H,5,8,10H2,1-4H3,(H,17,21)(H,19,20);1H. The molecule has 1 atom stereocenters. The summed E-state index contributed by atoms with van der Waals surface area (Å²) in [7, 11) is 3.05. The van der Waals surface area contributed by atoms with E-state index in [1.807, 2.05) is 6.92 Å². The van der Waals surface area contributed by atoms with Gasteiger partial charge in [-0.05, 0) is 32.0 Å². The van der Waals surface area contributed by atoms with E-state index in [9.17, 15) is 9.59 Å². The van der Waals surface area contributed by atoms with Crippen LogP contribution in [0.4, 0.5) is 5.69 Å². The van der Waals surface area contributed by atoms with Crippen LogP contribution in [0.5, 0.6) is 11.5 Å². The fourth-order valence-electron chi connectivity index (χ4n) is 2.18. The van der Waals surface area contributed by atoms with Gasteiger partial charge in [0.25, 0.3) is 0 Å². The summed E-state index contributed by atoms with van der Waals surface area (Å²) in [6.45, 7) is 3.97. The molecule has 7 nitrogen and oxygen atoms in total. The van der Waals surface area contributed by atoms with Crippen molar-refractivity contribution in [3.63, 3.8) is 0 Å². The van der Waals surface area contributed by atoms with Gasteiger partial charge in [0, 0.05) is 6.07 Å². The smallest absolute Gasteiger partial charge is 0.317 e. The SMILES string of the molecule is CCCN(CC(=O)O)C(C)C(=O)Nc1ccc(OC)cc1OC.Cl. The summed E-state index contributed by atoms with van der Waals surface area (Å²) >= 11 is 0. The third kappa shape index (κ3) is 6.25. The first kappa shape index (κ1) is 22.0. The van der Waals surface area contributed by atoms with E-state index < -0.39 is 12.0 Å². The van der Waals surface area contributed by atoms with Crippen molar-refractivity contribution in [2.24, 2.45) is 0 Å². The Morgan fingerprint density at radius 3 is 2.46 bits per heavy atom. The quantitative estimate of drug-likeness (QED) is 0.702. The number of carboxylic acids is 1. The number of carboxylic acid groups (broad SMARTS) is 1. The second-order valence-corrected chi connectivity index (χ2v) is 5.10. The Morgan fingerprint density at radius 2 is 1.96 bits per heavy atom. The molecule has 0 aliphatic rings. The van der Waals surface area contributed by atoms with E-state index in [-0.39, 0.29) is 24.9 Å². The fourth-order valence-corrected chi connectivity index (χ4v) is 2.18. The zero-order chi connectivity index (χ0) is 17.4. The lowest BCUT2D eigenvalue weighted by molar-refractivity contribution is -0.139. The van der Waals surface area contributed by atoms with Crippen molar-refractivity contribution in [1.29, 1.82) is 0 Å². The van der Waals surface area contributed by atoms with E-state index in [4.69, 9.17) is 14.6 Å². The van der Waals surface area contributed by atoms with Gasteiger partial charge in [0.2, 0.25) is 5.91 Å². The van der Waals surface area contributed by atoms with Crippen molar-refractivity contribution < 1.29 is 24.2 Å². The Morgan fingerprint density at radius 1 is 1.29 bits per heavy atom. The maximum atomic E-state index is 12.4. The van der Waals surface area contributed by atoms with Crippen LogP contribution in [0.2, 0.25) is 0 Å². The predicted molar refractivity (Wildman–Crippen MR) is 94.4 cm³/mol. The Bertz CT molecular complexity index is 553. The number of nitrogens with one attached hydrogen (secondary N) is 1. The van der Waals surface area contributed by atoms with E-state index in [1.54, 1.807) is 37.1 Å². The molecular formula is C16H25ClN2O5. The van der Waals surface area contributed by atoms with E-state index in [0.29, 0.717) is 23.7 Å². The minimum atomic E-state index is -0.958. The normalized spacial score (nSPS) is 11.4. The number of carbonyl (C=O) groups is 2. The van der Waals surface area contributed by atoms with Crippen molar-refractivity contribution in [1.82, 2.24) is 4.90 Å². The Kier molecular flexibility index (Phi) is 9.83. The molecule has 0 aliphatic heterocycles. The first-order valence-electron chi connectivity index (χ1n) is 7.41. The van der Waals surface area contributed by atoms with Gasteiger partial charge < -0.3 is 19.9 Å². The second-order valence-electron chi connectivity index (χ2n) is 5.10. The number of amides is 1. The molecule has 0 bridgehead atoms. The maximum Gasteiger partial charge on any atom is 0.317 e. The third-order valence-electron chi connectivity index (χ3n) is 3.44. The molecule has 1 rings (SSSR count). The molecule has 0 spiro atoms. The lowest BCUT2D eigenvalue weighted by Crippen LogP contribution is -2.45. The van der Waals surface area contributed by atoms with Crippen molar-refractivity contribution in [3.8, 4) is 11.5 Å². The van der Waals surface area contributed by atoms with Gasteiger partial charge in [-0.15, -0.1) is 12.4 Å². The highest BCUT2D eigenvalue weighted by Crippen LogP contribution is 2.29. The molecule has 24 heavy (non-hydrogen) atoms. The average Bonchev–Trinajstić information content (AvgIpc) is 2.53. The number of ether oxygens (including phenoxy) is 2. The molecule has 0 fully saturated rings. The second kappa shape index (κ2) is 10.7. The summed E-state index contributed by atoms with van der Waals surface area (Å²) in [5, 5.41) is 11.7. The number of methoxy groups -OCH3 is 2. The van der Waals surface area contributed by atoms with Crippen LogP contribution in [-0.2, 0) is 9.59 Å². The lowest BCUT2D eigenvalue weighted by atomic mass is 10.2. The van der Waals surface area contributed by atoms with E-state index in [2.05, 4.69) is 5.32 Å². The molecule has 8 heteroatoms. The third-order valence-corrected chi connectivity index (χ3v) is 3.44. The number of anilines is 1. The molecule has 0 radical (unpaired) electrons. The molecule has 1 aromatic rings. The first-order chi connectivity index (χ1) is 10.9. The van der Waals surface area contributed by atoms with Crippen LogP contribution in [0.3, 0.4) is 0 Å². The number of aliphatic carboxylic acids is 1. The molecule has 0 heterocycles. The summed E-state index contributed by atoms with van der Waals surface area (Å²) in [5.41, 5.74) is 0.511. The zero-order valence-corrected chi connectivity index (χ0v) is 15.2. The predicted octanol–water partition coefficient (Wildman–Crippen LogP) is 2.25. The number of nitrogens with zero attached hydrogens (tertiary/aromatic N) is 1. The van der Waals surface area contributed by atoms with Gasteiger partial charge in [0.15, 0.2) is 0 Å². The Labute approximate surface area is 148 Å². The van der Waals surface area contributed by atoms with Gasteiger partial charge in [-0.3, -0.25) is 14.5 Å². The number of rotatable bonds is 9. The molecule has 0 saturated carbocycles. The van der Waals surface area contributed by atoms with E-state index in [1.165, 1.54) is 7.11 Å². The van der Waals surface area contributed by atoms with Crippen LogP contribution in [0.25, 0.3) is 0 Å². The maximum absolute atomic E-state index is 12.4. The molecule has 2 N–H and O–H groups in total. The highest BCUT2D eigenvalue weighted by Gasteiger charge is 2.23. The van der Waals surface area contributed by atoms with Crippen LogP contribution >= 0.6 is 12.4 Å².